The van der Waals surface area contributed by atoms with Crippen molar-refractivity contribution in [2.24, 2.45) is 0 Å². The average Bonchev–Trinajstić information content (AvgIpc) is 2.75. The number of urea groups is 1. The molecule has 1 aliphatic heterocycles. The molecule has 98 valence electrons. The number of hydrogen-bond donors (Lipinski definition) is 2. The zero-order chi connectivity index (χ0) is 12.8. The van der Waals surface area contributed by atoms with Crippen molar-refractivity contribution in [3.05, 3.63) is 0 Å². The number of nitrogens with one attached hydrogen (secondary N) is 1. The van der Waals surface area contributed by atoms with Gasteiger partial charge in [-0.05, 0) is 38.2 Å². The van der Waals surface area contributed by atoms with E-state index >= 15 is 0 Å². The molecule has 0 aromatic rings. The van der Waals surface area contributed by atoms with Gasteiger partial charge in [0.25, 0.3) is 0 Å². The Kier molecular flexibility index (Phi) is 5.61. The van der Waals surface area contributed by atoms with Crippen molar-refractivity contribution in [1.82, 2.24) is 10.2 Å². The van der Waals surface area contributed by atoms with E-state index in [0.29, 0.717) is 13.0 Å². The molecule has 0 saturated carbocycles. The van der Waals surface area contributed by atoms with Gasteiger partial charge in [0, 0.05) is 12.6 Å². The maximum Gasteiger partial charge on any atom is 0.326 e. The lowest BCUT2D eigenvalue weighted by atomic mass is 10.2. The van der Waals surface area contributed by atoms with E-state index in [-0.39, 0.29) is 12.1 Å². The highest BCUT2D eigenvalue weighted by Crippen LogP contribution is 2.17. The fourth-order valence-corrected chi connectivity index (χ4v) is 2.52. The van der Waals surface area contributed by atoms with Gasteiger partial charge in [0.2, 0.25) is 0 Å². The second-order valence-corrected chi connectivity index (χ2v) is 5.31. The van der Waals surface area contributed by atoms with E-state index in [1.807, 2.05) is 13.2 Å². The highest BCUT2D eigenvalue weighted by atomic mass is 32.2. The molecule has 0 spiro atoms. The summed E-state index contributed by atoms with van der Waals surface area (Å²) in [7, 11) is 0. The second kappa shape index (κ2) is 6.74. The van der Waals surface area contributed by atoms with Crippen LogP contribution in [-0.4, -0.2) is 52.6 Å². The van der Waals surface area contributed by atoms with Crippen LogP contribution in [0.25, 0.3) is 0 Å². The first-order chi connectivity index (χ1) is 8.06. The lowest BCUT2D eigenvalue weighted by molar-refractivity contribution is -0.141. The normalized spacial score (nSPS) is 21.3. The molecule has 2 amide bonds. The molecular formula is C11H20N2O3S. The van der Waals surface area contributed by atoms with Crippen LogP contribution in [0.1, 0.15) is 26.2 Å². The van der Waals surface area contributed by atoms with Crippen LogP contribution in [0.15, 0.2) is 0 Å². The minimum absolute atomic E-state index is 0.0880. The average molecular weight is 260 g/mol. The van der Waals surface area contributed by atoms with Gasteiger partial charge in [0.15, 0.2) is 0 Å². The van der Waals surface area contributed by atoms with Gasteiger partial charge in [-0.2, -0.15) is 11.8 Å². The molecule has 1 heterocycles. The SMILES string of the molecule is CSCCC(C)NC(=O)N1CCC[C@@H]1C(=O)O. The number of thioether (sulfide) groups is 1. The molecule has 1 fully saturated rings. The van der Waals surface area contributed by atoms with Crippen molar-refractivity contribution in [3.63, 3.8) is 0 Å². The molecule has 1 aliphatic rings. The van der Waals surface area contributed by atoms with Crippen LogP contribution in [-0.2, 0) is 4.79 Å². The van der Waals surface area contributed by atoms with Crippen LogP contribution in [0.4, 0.5) is 4.79 Å². The number of likely N-dealkylation sites (tertiary alicyclic amines) is 1. The van der Waals surface area contributed by atoms with Crippen molar-refractivity contribution in [2.75, 3.05) is 18.6 Å². The highest BCUT2D eigenvalue weighted by Gasteiger charge is 2.34. The Labute approximate surface area is 106 Å². The fourth-order valence-electron chi connectivity index (χ4n) is 1.93. The Bertz CT molecular complexity index is 286. The third-order valence-corrected chi connectivity index (χ3v) is 3.57. The van der Waals surface area contributed by atoms with Crippen molar-refractivity contribution < 1.29 is 14.7 Å². The van der Waals surface area contributed by atoms with Gasteiger partial charge in [-0.3, -0.25) is 0 Å². The number of aliphatic carboxylic acids is 1. The predicted octanol–water partition coefficient (Wildman–Crippen LogP) is 1.39. The summed E-state index contributed by atoms with van der Waals surface area (Å²) < 4.78 is 0. The van der Waals surface area contributed by atoms with E-state index in [2.05, 4.69) is 5.32 Å². The summed E-state index contributed by atoms with van der Waals surface area (Å²) in [6.45, 7) is 2.48. The maximum atomic E-state index is 11.9. The molecule has 0 aromatic heterocycles. The van der Waals surface area contributed by atoms with E-state index in [9.17, 15) is 9.59 Å². The largest absolute Gasteiger partial charge is 0.480 e. The minimum Gasteiger partial charge on any atom is -0.480 e. The Morgan fingerprint density at radius 1 is 1.59 bits per heavy atom. The zero-order valence-electron chi connectivity index (χ0n) is 10.3. The molecule has 1 saturated heterocycles. The second-order valence-electron chi connectivity index (χ2n) is 4.32. The summed E-state index contributed by atoms with van der Waals surface area (Å²) in [6, 6.07) is -0.809. The van der Waals surface area contributed by atoms with E-state index in [1.54, 1.807) is 11.8 Å². The lowest BCUT2D eigenvalue weighted by Gasteiger charge is -2.24. The molecule has 0 aliphatic carbocycles. The molecule has 1 unspecified atom stereocenters. The summed E-state index contributed by atoms with van der Waals surface area (Å²) in [4.78, 5) is 24.3. The number of amides is 2. The van der Waals surface area contributed by atoms with Gasteiger partial charge in [0.05, 0.1) is 0 Å². The third-order valence-electron chi connectivity index (χ3n) is 2.92. The minimum atomic E-state index is -0.908. The van der Waals surface area contributed by atoms with Crippen LogP contribution in [0.5, 0.6) is 0 Å². The molecule has 0 bridgehead atoms. The molecule has 2 atom stereocenters. The van der Waals surface area contributed by atoms with Crippen molar-refractivity contribution >= 4 is 23.8 Å². The number of rotatable bonds is 5. The Morgan fingerprint density at radius 2 is 2.29 bits per heavy atom. The first-order valence-electron chi connectivity index (χ1n) is 5.85. The van der Waals surface area contributed by atoms with Crippen LogP contribution in [0, 0.1) is 0 Å². The Morgan fingerprint density at radius 3 is 2.88 bits per heavy atom. The number of carboxylic acids is 1. The monoisotopic (exact) mass is 260 g/mol. The summed E-state index contributed by atoms with van der Waals surface area (Å²) in [5, 5.41) is 11.8. The number of carbonyl (C=O) groups excluding carboxylic acids is 1. The molecule has 0 radical (unpaired) electrons. The number of nitrogens with zero attached hydrogens (tertiary/aromatic N) is 1. The van der Waals surface area contributed by atoms with E-state index in [4.69, 9.17) is 5.11 Å². The topological polar surface area (TPSA) is 69.6 Å². The van der Waals surface area contributed by atoms with E-state index in [1.165, 1.54) is 4.90 Å². The zero-order valence-corrected chi connectivity index (χ0v) is 11.1. The van der Waals surface area contributed by atoms with Gasteiger partial charge in [-0.25, -0.2) is 9.59 Å². The summed E-state index contributed by atoms with van der Waals surface area (Å²) in [5.74, 6) is 0.0819. The molecule has 2 N–H and O–H groups in total. The summed E-state index contributed by atoms with van der Waals surface area (Å²) in [6.07, 6.45) is 4.25. The van der Waals surface area contributed by atoms with Gasteiger partial charge in [-0.1, -0.05) is 0 Å². The molecule has 6 heteroatoms. The predicted molar refractivity (Wildman–Crippen MR) is 68.4 cm³/mol. The van der Waals surface area contributed by atoms with Gasteiger partial charge in [-0.15, -0.1) is 0 Å². The summed E-state index contributed by atoms with van der Waals surface area (Å²) in [5.41, 5.74) is 0. The molecule has 5 nitrogen and oxygen atoms in total. The van der Waals surface area contributed by atoms with E-state index < -0.39 is 12.0 Å². The molecule has 1 rings (SSSR count). The van der Waals surface area contributed by atoms with Gasteiger partial charge >= 0.3 is 12.0 Å². The van der Waals surface area contributed by atoms with Crippen molar-refractivity contribution in [2.45, 2.75) is 38.3 Å². The smallest absolute Gasteiger partial charge is 0.326 e. The first kappa shape index (κ1) is 14.2. The van der Waals surface area contributed by atoms with Crippen LogP contribution < -0.4 is 5.32 Å². The van der Waals surface area contributed by atoms with Gasteiger partial charge < -0.3 is 15.3 Å². The quantitative estimate of drug-likeness (QED) is 0.783. The highest BCUT2D eigenvalue weighted by molar-refractivity contribution is 7.98. The Hall–Kier alpha value is -0.910. The van der Waals surface area contributed by atoms with Crippen LogP contribution in [0.2, 0.25) is 0 Å². The molecular weight excluding hydrogens is 240 g/mol. The van der Waals surface area contributed by atoms with Crippen molar-refractivity contribution in [3.8, 4) is 0 Å². The third kappa shape index (κ3) is 4.11. The maximum absolute atomic E-state index is 11.9. The first-order valence-corrected chi connectivity index (χ1v) is 7.24. The van der Waals surface area contributed by atoms with Gasteiger partial charge in [0.1, 0.15) is 6.04 Å². The number of hydrogen-bond acceptors (Lipinski definition) is 3. The number of carboxylic acid groups (broad SMARTS) is 1. The standard InChI is InChI=1S/C11H20N2O3S/c1-8(5-7-17-2)12-11(16)13-6-3-4-9(13)10(14)15/h8-9H,3-7H2,1-2H3,(H,12,16)(H,14,15)/t8?,9-/m1/s1. The van der Waals surface area contributed by atoms with E-state index in [0.717, 1.165) is 18.6 Å². The fraction of sp³-hybridized carbons (Fsp3) is 0.818. The van der Waals surface area contributed by atoms with Crippen LogP contribution in [0.3, 0.4) is 0 Å². The molecule has 17 heavy (non-hydrogen) atoms. The molecule has 0 aromatic carbocycles. The summed E-state index contributed by atoms with van der Waals surface area (Å²) >= 11 is 1.74. The van der Waals surface area contributed by atoms with Crippen molar-refractivity contribution in [1.29, 1.82) is 0 Å². The number of carbonyl (C=O) groups is 2. The van der Waals surface area contributed by atoms with Crippen LogP contribution >= 0.6 is 11.8 Å². The lowest BCUT2D eigenvalue weighted by Crippen LogP contribution is -2.48. The Balaban J connectivity index is 2.43.